The third kappa shape index (κ3) is 6.96. The summed E-state index contributed by atoms with van der Waals surface area (Å²) in [7, 11) is 0. The number of alkyl halides is 2. The average molecular weight is 631 g/mol. The van der Waals surface area contributed by atoms with Gasteiger partial charge in [-0.25, -0.2) is 8.78 Å². The zero-order valence-electron chi connectivity index (χ0n) is 25.8. The van der Waals surface area contributed by atoms with E-state index in [1.54, 1.807) is 0 Å². The highest BCUT2D eigenvalue weighted by atomic mass is 32.2. The summed E-state index contributed by atoms with van der Waals surface area (Å²) in [5.74, 6) is -3.60. The van der Waals surface area contributed by atoms with Crippen LogP contribution in [0.4, 0.5) is 8.78 Å². The molecule has 2 unspecified atom stereocenters. The number of rotatable bonds is 9. The molecule has 0 radical (unpaired) electrons. The van der Waals surface area contributed by atoms with Gasteiger partial charge in [-0.1, -0.05) is 49.4 Å². The average Bonchev–Trinajstić information content (AvgIpc) is 3.66. The van der Waals surface area contributed by atoms with E-state index in [1.165, 1.54) is 32.5 Å². The van der Waals surface area contributed by atoms with Gasteiger partial charge < -0.3 is 18.9 Å². The lowest BCUT2D eigenvalue weighted by atomic mass is 9.81. The molecule has 2 aromatic rings. The quantitative estimate of drug-likeness (QED) is 0.226. The maximum atomic E-state index is 13.9. The van der Waals surface area contributed by atoms with Crippen LogP contribution in [-0.2, 0) is 45.2 Å². The van der Waals surface area contributed by atoms with Gasteiger partial charge in [0.2, 0.25) is 5.92 Å². The number of hydrogen-bond acceptors (Lipinski definition) is 8. The van der Waals surface area contributed by atoms with Crippen LogP contribution in [0, 0.1) is 12.8 Å². The van der Waals surface area contributed by atoms with Crippen molar-refractivity contribution in [3.63, 3.8) is 0 Å². The van der Waals surface area contributed by atoms with Crippen molar-refractivity contribution in [2.45, 2.75) is 108 Å². The number of fused-ring (bicyclic) bond motifs is 1. The van der Waals surface area contributed by atoms with Gasteiger partial charge in [0.05, 0.1) is 0 Å². The molecule has 7 nitrogen and oxygen atoms in total. The number of hydrogen-bond donors (Lipinski definition) is 0. The Morgan fingerprint density at radius 3 is 2.14 bits per heavy atom. The van der Waals surface area contributed by atoms with Gasteiger partial charge in [-0.3, -0.25) is 14.4 Å². The van der Waals surface area contributed by atoms with Gasteiger partial charge in [-0.05, 0) is 71.1 Å². The minimum atomic E-state index is -2.54. The number of thioether (sulfide) groups is 1. The highest BCUT2D eigenvalue weighted by Crippen LogP contribution is 2.65. The van der Waals surface area contributed by atoms with Crippen LogP contribution >= 0.6 is 11.8 Å². The number of carbonyl (C=O) groups is 3. The van der Waals surface area contributed by atoms with E-state index in [1.807, 2.05) is 32.0 Å². The lowest BCUT2D eigenvalue weighted by Crippen LogP contribution is -2.57. The molecule has 3 fully saturated rings. The van der Waals surface area contributed by atoms with Crippen molar-refractivity contribution in [1.29, 1.82) is 0 Å². The first-order valence-corrected chi connectivity index (χ1v) is 16.2. The van der Waals surface area contributed by atoms with Gasteiger partial charge in [0.15, 0.2) is 18.3 Å². The molecule has 1 saturated heterocycles. The Balaban J connectivity index is 1.41. The van der Waals surface area contributed by atoms with Crippen LogP contribution in [0.5, 0.6) is 0 Å². The molecule has 10 heteroatoms. The molecule has 238 valence electrons. The molecule has 2 saturated carbocycles. The Bertz CT molecular complexity index is 1400. The molecule has 0 amide bonds. The van der Waals surface area contributed by atoms with E-state index in [2.05, 4.69) is 24.3 Å². The van der Waals surface area contributed by atoms with E-state index >= 15 is 0 Å². The molecule has 0 N–H and O–H groups in total. The zero-order valence-corrected chi connectivity index (χ0v) is 26.6. The van der Waals surface area contributed by atoms with Crippen LogP contribution in [-0.4, -0.2) is 53.3 Å². The number of ether oxygens (including phenoxy) is 4. The predicted octanol–water partition coefficient (Wildman–Crippen LogP) is 6.61. The highest BCUT2D eigenvalue weighted by Gasteiger charge is 2.61. The minimum Gasteiger partial charge on any atom is -0.455 e. The highest BCUT2D eigenvalue weighted by molar-refractivity contribution is 7.99. The smallest absolute Gasteiger partial charge is 0.303 e. The molecular formula is C34H40F2O7S. The normalized spacial score (nSPS) is 30.5. The van der Waals surface area contributed by atoms with Crippen LogP contribution in [0.2, 0.25) is 0 Å². The summed E-state index contributed by atoms with van der Waals surface area (Å²) in [6.07, 6.45) is -2.00. The summed E-state index contributed by atoms with van der Waals surface area (Å²) in [5.41, 5.74) is 4.27. The molecule has 1 aliphatic heterocycles. The van der Waals surface area contributed by atoms with E-state index in [4.69, 9.17) is 18.9 Å². The maximum absolute atomic E-state index is 13.9. The Hall–Kier alpha value is -2.98. The van der Waals surface area contributed by atoms with E-state index in [-0.39, 0.29) is 24.2 Å². The lowest BCUT2D eigenvalue weighted by Gasteiger charge is -2.44. The third-order valence-corrected chi connectivity index (χ3v) is 10.1. The topological polar surface area (TPSA) is 88.1 Å². The second-order valence-corrected chi connectivity index (χ2v) is 13.7. The third-order valence-electron chi connectivity index (χ3n) is 9.07. The van der Waals surface area contributed by atoms with Crippen LogP contribution < -0.4 is 0 Å². The fraction of sp³-hybridized carbons (Fsp3) is 0.559. The molecule has 3 aliphatic rings. The van der Waals surface area contributed by atoms with Crippen LogP contribution in [0.25, 0.3) is 0 Å². The Labute approximate surface area is 261 Å². The van der Waals surface area contributed by atoms with E-state index in [0.717, 1.165) is 34.2 Å². The van der Waals surface area contributed by atoms with E-state index in [0.29, 0.717) is 18.6 Å². The number of aryl methyl sites for hydroxylation is 1. The summed E-state index contributed by atoms with van der Waals surface area (Å²) in [6.45, 7) is 7.74. The van der Waals surface area contributed by atoms with Crippen molar-refractivity contribution >= 4 is 29.7 Å². The van der Waals surface area contributed by atoms with Gasteiger partial charge in [-0.2, -0.15) is 0 Å². The van der Waals surface area contributed by atoms with E-state index < -0.39 is 53.7 Å². The van der Waals surface area contributed by atoms with Gasteiger partial charge in [0.25, 0.3) is 0 Å². The molecule has 44 heavy (non-hydrogen) atoms. The fourth-order valence-electron chi connectivity index (χ4n) is 6.89. The SMILES string of the molecule is CCS[C@H]1O[C@@H](c2ccc(C)c(Cc3ccc(C45CCC(F)(F)CC4C5)cc3)c2)[C@H](OC(C)=O)[C@@H](OC(C)=O)[C@@H]1OC(C)=O. The summed E-state index contributed by atoms with van der Waals surface area (Å²) >= 11 is 1.41. The van der Waals surface area contributed by atoms with Gasteiger partial charge in [0, 0.05) is 33.6 Å². The fourth-order valence-corrected chi connectivity index (χ4v) is 7.82. The van der Waals surface area contributed by atoms with Crippen molar-refractivity contribution in [2.75, 3.05) is 5.75 Å². The second kappa shape index (κ2) is 12.8. The Kier molecular flexibility index (Phi) is 9.42. The van der Waals surface area contributed by atoms with Crippen molar-refractivity contribution in [3.05, 3.63) is 70.3 Å². The molecule has 2 aromatic carbocycles. The van der Waals surface area contributed by atoms with Crippen molar-refractivity contribution in [3.8, 4) is 0 Å². The van der Waals surface area contributed by atoms with Crippen molar-refractivity contribution in [1.82, 2.24) is 0 Å². The second-order valence-electron chi connectivity index (χ2n) is 12.3. The largest absolute Gasteiger partial charge is 0.455 e. The molecule has 0 aromatic heterocycles. The summed E-state index contributed by atoms with van der Waals surface area (Å²) in [5, 5.41) is 0. The van der Waals surface area contributed by atoms with Crippen molar-refractivity contribution < 1.29 is 42.1 Å². The number of carbonyl (C=O) groups excluding carboxylic acids is 3. The first kappa shape index (κ1) is 32.4. The molecule has 2 aliphatic carbocycles. The Morgan fingerprint density at radius 2 is 1.52 bits per heavy atom. The lowest BCUT2D eigenvalue weighted by molar-refractivity contribution is -0.233. The van der Waals surface area contributed by atoms with Gasteiger partial charge >= 0.3 is 17.9 Å². The number of halogens is 2. The van der Waals surface area contributed by atoms with Gasteiger partial charge in [-0.15, -0.1) is 11.8 Å². The van der Waals surface area contributed by atoms with Crippen LogP contribution in [0.3, 0.4) is 0 Å². The number of esters is 3. The Morgan fingerprint density at radius 1 is 0.886 bits per heavy atom. The van der Waals surface area contributed by atoms with E-state index in [9.17, 15) is 23.2 Å². The zero-order chi connectivity index (χ0) is 31.8. The first-order valence-electron chi connectivity index (χ1n) is 15.2. The number of benzene rings is 2. The molecule has 7 atom stereocenters. The molecular weight excluding hydrogens is 590 g/mol. The van der Waals surface area contributed by atoms with Gasteiger partial charge in [0.1, 0.15) is 11.5 Å². The molecule has 0 spiro atoms. The minimum absolute atomic E-state index is 0.0180. The monoisotopic (exact) mass is 630 g/mol. The molecule has 5 rings (SSSR count). The molecule has 1 heterocycles. The first-order chi connectivity index (χ1) is 20.8. The summed E-state index contributed by atoms with van der Waals surface area (Å²) in [6, 6.07) is 14.2. The summed E-state index contributed by atoms with van der Waals surface area (Å²) in [4.78, 5) is 36.4. The summed E-state index contributed by atoms with van der Waals surface area (Å²) < 4.78 is 51.2. The van der Waals surface area contributed by atoms with Crippen LogP contribution in [0.15, 0.2) is 42.5 Å². The van der Waals surface area contributed by atoms with Crippen molar-refractivity contribution in [2.24, 2.45) is 5.92 Å². The predicted molar refractivity (Wildman–Crippen MR) is 161 cm³/mol. The standard InChI is InChI=1S/C34H40F2O7S/c1-6-44-32-31(42-22(5)39)30(41-21(4)38)29(40-20(3)37)28(43-32)24-10-7-19(2)25(16-24)15-23-8-11-26(12-9-23)33-13-14-34(35,36)18-27(33)17-33/h7-12,16,27-32H,6,13-15,17-18H2,1-5H3/t27?,28-,29-,30+,31-,32+,33?/m0/s1. The molecule has 0 bridgehead atoms. The van der Waals surface area contributed by atoms with Crippen LogP contribution in [0.1, 0.15) is 87.3 Å². The maximum Gasteiger partial charge on any atom is 0.303 e.